The summed E-state index contributed by atoms with van der Waals surface area (Å²) < 4.78 is 6.33. The predicted molar refractivity (Wildman–Crippen MR) is 101 cm³/mol. The van der Waals surface area contributed by atoms with E-state index in [-0.39, 0.29) is 6.10 Å². The van der Waals surface area contributed by atoms with E-state index >= 15 is 0 Å². The molecule has 0 saturated heterocycles. The van der Waals surface area contributed by atoms with Crippen molar-refractivity contribution >= 4 is 24.5 Å². The SMILES string of the molecule is C=C/C=C(\C=B\C)C1Oc2ccccc2C=C1c1ccccc1. The van der Waals surface area contributed by atoms with Gasteiger partial charge in [0.1, 0.15) is 0 Å². The first-order chi connectivity index (χ1) is 11.3. The van der Waals surface area contributed by atoms with Gasteiger partial charge >= 0.3 is 138 Å². The van der Waals surface area contributed by atoms with Gasteiger partial charge in [-0.25, -0.2) is 0 Å². The van der Waals surface area contributed by atoms with Crippen molar-refractivity contribution in [3.8, 4) is 5.75 Å². The molecule has 1 atom stereocenters. The fourth-order valence-electron chi connectivity index (χ4n) is 2.81. The predicted octanol–water partition coefficient (Wildman–Crippen LogP) is 4.66. The van der Waals surface area contributed by atoms with Crippen LogP contribution in [0.4, 0.5) is 0 Å². The molecule has 1 aliphatic heterocycles. The van der Waals surface area contributed by atoms with E-state index in [1.807, 2.05) is 50.2 Å². The van der Waals surface area contributed by atoms with E-state index in [4.69, 9.17) is 4.74 Å². The molecule has 2 aromatic rings. The van der Waals surface area contributed by atoms with Gasteiger partial charge < -0.3 is 0 Å². The summed E-state index contributed by atoms with van der Waals surface area (Å²) in [6.45, 7) is 7.88. The zero-order valence-electron chi connectivity index (χ0n) is 13.3. The van der Waals surface area contributed by atoms with Crippen LogP contribution in [0.3, 0.4) is 0 Å². The summed E-state index contributed by atoms with van der Waals surface area (Å²) >= 11 is 0. The van der Waals surface area contributed by atoms with Crippen molar-refractivity contribution in [1.82, 2.24) is 0 Å². The van der Waals surface area contributed by atoms with Crippen LogP contribution < -0.4 is 4.74 Å². The van der Waals surface area contributed by atoms with E-state index in [1.54, 1.807) is 0 Å². The summed E-state index contributed by atoms with van der Waals surface area (Å²) in [5.74, 6) is 2.99. The van der Waals surface area contributed by atoms with Gasteiger partial charge in [-0.1, -0.05) is 0 Å². The molecule has 23 heavy (non-hydrogen) atoms. The number of hydrogen-bond donors (Lipinski definition) is 0. The molecule has 0 aliphatic carbocycles. The molecule has 112 valence electrons. The summed E-state index contributed by atoms with van der Waals surface area (Å²) in [5, 5.41) is 0. The second-order valence-electron chi connectivity index (χ2n) is 5.40. The van der Waals surface area contributed by atoms with Crippen molar-refractivity contribution in [2.45, 2.75) is 12.9 Å². The summed E-state index contributed by atoms with van der Waals surface area (Å²) in [7, 11) is 0. The molecule has 1 aliphatic rings. The van der Waals surface area contributed by atoms with Crippen molar-refractivity contribution in [2.75, 3.05) is 0 Å². The molecule has 0 N–H and O–H groups in total. The summed E-state index contributed by atoms with van der Waals surface area (Å²) in [6.07, 6.45) is 5.90. The molecule has 1 heterocycles. The number of allylic oxidation sites excluding steroid dienone is 2. The zero-order chi connectivity index (χ0) is 16.1. The minimum atomic E-state index is -0.138. The first-order valence-corrected chi connectivity index (χ1v) is 7.81. The van der Waals surface area contributed by atoms with Crippen LogP contribution in [-0.4, -0.2) is 19.0 Å². The molecule has 0 saturated carbocycles. The van der Waals surface area contributed by atoms with Crippen LogP contribution >= 0.6 is 0 Å². The van der Waals surface area contributed by atoms with Crippen LogP contribution in [0.5, 0.6) is 5.75 Å². The van der Waals surface area contributed by atoms with Gasteiger partial charge in [0.25, 0.3) is 0 Å². The molecule has 1 unspecified atom stereocenters. The molecular formula is C21H19BO. The normalized spacial score (nSPS) is 17.0. The Hall–Kier alpha value is -2.61. The van der Waals surface area contributed by atoms with Crippen LogP contribution in [0.2, 0.25) is 6.82 Å². The molecule has 0 aromatic heterocycles. The number of benzene rings is 2. The van der Waals surface area contributed by atoms with E-state index < -0.39 is 0 Å². The first-order valence-electron chi connectivity index (χ1n) is 7.81. The summed E-state index contributed by atoms with van der Waals surface area (Å²) in [5.41, 5.74) is 4.54. The molecule has 2 aromatic carbocycles. The second kappa shape index (κ2) is 7.10. The maximum atomic E-state index is 6.33. The molecule has 0 spiro atoms. The Bertz CT molecular complexity index is 784. The molecule has 2 heteroatoms. The maximum absolute atomic E-state index is 6.33. The molecule has 0 bridgehead atoms. The average molecular weight is 298 g/mol. The van der Waals surface area contributed by atoms with Crippen molar-refractivity contribution in [2.24, 2.45) is 0 Å². The second-order valence-corrected chi connectivity index (χ2v) is 5.40. The third kappa shape index (κ3) is 3.27. The van der Waals surface area contributed by atoms with Crippen LogP contribution in [0, 0.1) is 0 Å². The molecule has 0 fully saturated rings. The van der Waals surface area contributed by atoms with E-state index in [2.05, 4.69) is 49.0 Å². The summed E-state index contributed by atoms with van der Waals surface area (Å²) in [6, 6.07) is 18.5. The number of ether oxygens (including phenoxy) is 1. The van der Waals surface area contributed by atoms with Crippen LogP contribution in [0.25, 0.3) is 11.6 Å². The third-order valence-corrected chi connectivity index (χ3v) is 3.84. The first kappa shape index (κ1) is 15.3. The van der Waals surface area contributed by atoms with Gasteiger partial charge in [-0.15, -0.1) is 0 Å². The van der Waals surface area contributed by atoms with Gasteiger partial charge in [-0.3, -0.25) is 0 Å². The van der Waals surface area contributed by atoms with Crippen LogP contribution in [-0.2, 0) is 0 Å². The Morgan fingerprint density at radius 2 is 1.83 bits per heavy atom. The van der Waals surface area contributed by atoms with Crippen molar-refractivity contribution in [3.05, 3.63) is 90.0 Å². The molecule has 1 nitrogen and oxygen atoms in total. The fourth-order valence-corrected chi connectivity index (χ4v) is 2.81. The molecule has 0 amide bonds. The van der Waals surface area contributed by atoms with E-state index in [9.17, 15) is 0 Å². The number of fused-ring (bicyclic) bond motifs is 1. The Morgan fingerprint density at radius 3 is 2.57 bits per heavy atom. The molecule has 3 rings (SSSR count). The minimum absolute atomic E-state index is 0.138. The molecule has 0 radical (unpaired) electrons. The number of hydrogen-bond acceptors (Lipinski definition) is 1. The standard InChI is InChI=1S/C21H19BO/c1-3-9-18(15-22-2)21-19(16-10-5-4-6-11-16)14-17-12-7-8-13-20(17)23-21/h3-15,21H,1H2,2H3/b18-9+. The topological polar surface area (TPSA) is 9.23 Å². The van der Waals surface area contributed by atoms with Gasteiger partial charge in [0.15, 0.2) is 0 Å². The van der Waals surface area contributed by atoms with Gasteiger partial charge in [-0.2, -0.15) is 0 Å². The van der Waals surface area contributed by atoms with E-state index in [0.29, 0.717) is 0 Å². The van der Waals surface area contributed by atoms with Gasteiger partial charge in [0.05, 0.1) is 0 Å². The average Bonchev–Trinajstić information content (AvgIpc) is 2.61. The third-order valence-electron chi connectivity index (χ3n) is 3.84. The van der Waals surface area contributed by atoms with Gasteiger partial charge in [-0.05, 0) is 0 Å². The van der Waals surface area contributed by atoms with Crippen molar-refractivity contribution in [1.29, 1.82) is 0 Å². The van der Waals surface area contributed by atoms with E-state index in [1.165, 1.54) is 5.56 Å². The Morgan fingerprint density at radius 1 is 1.09 bits per heavy atom. The van der Waals surface area contributed by atoms with Crippen LogP contribution in [0.15, 0.2) is 78.9 Å². The fraction of sp³-hybridized carbons (Fsp3) is 0.0952. The summed E-state index contributed by atoms with van der Waals surface area (Å²) in [4.78, 5) is 0. The van der Waals surface area contributed by atoms with Crippen LogP contribution in [0.1, 0.15) is 11.1 Å². The number of rotatable bonds is 4. The Labute approximate surface area is 138 Å². The zero-order valence-corrected chi connectivity index (χ0v) is 13.3. The van der Waals surface area contributed by atoms with E-state index in [0.717, 1.165) is 22.5 Å². The van der Waals surface area contributed by atoms with Crippen molar-refractivity contribution < 1.29 is 4.74 Å². The molecular weight excluding hydrogens is 279 g/mol. The number of para-hydroxylation sites is 1. The van der Waals surface area contributed by atoms with Crippen molar-refractivity contribution in [3.63, 3.8) is 0 Å². The van der Waals surface area contributed by atoms with Gasteiger partial charge in [0, 0.05) is 0 Å². The monoisotopic (exact) mass is 298 g/mol. The quantitative estimate of drug-likeness (QED) is 0.589. The Kier molecular flexibility index (Phi) is 4.72. The Balaban J connectivity index is 2.14. The van der Waals surface area contributed by atoms with Gasteiger partial charge in [0.2, 0.25) is 0 Å².